The average Bonchev–Trinajstić information content (AvgIpc) is 3.07. The molecule has 1 fully saturated rings. The van der Waals surface area contributed by atoms with Crippen LogP contribution in [0.1, 0.15) is 66.8 Å². The summed E-state index contributed by atoms with van der Waals surface area (Å²) in [6.45, 7) is 13.0. The SMILES string of the molecule is CCc1cccc(C(C)C)c1NC(=O)Nc1ccc(C2Cc3cnc(NCCCN4CCN(C)CC4)nc3-c3ccccc32)cc1. The predicted molar refractivity (Wildman–Crippen MR) is 189 cm³/mol. The molecule has 0 saturated carbocycles. The number of nitrogens with zero attached hydrogens (tertiary/aromatic N) is 4. The first-order valence-corrected chi connectivity index (χ1v) is 16.8. The number of carbonyl (C=O) groups is 1. The maximum Gasteiger partial charge on any atom is 0.323 e. The van der Waals surface area contributed by atoms with Gasteiger partial charge in [-0.2, -0.15) is 0 Å². The van der Waals surface area contributed by atoms with Crippen LogP contribution in [-0.4, -0.2) is 72.1 Å². The molecule has 2 amide bonds. The second-order valence-electron chi connectivity index (χ2n) is 12.9. The van der Waals surface area contributed by atoms with E-state index in [0.717, 1.165) is 97.9 Å². The first-order chi connectivity index (χ1) is 22.4. The summed E-state index contributed by atoms with van der Waals surface area (Å²) in [6, 6.07) is 22.8. The minimum Gasteiger partial charge on any atom is -0.354 e. The molecule has 0 bridgehead atoms. The average molecular weight is 618 g/mol. The van der Waals surface area contributed by atoms with Gasteiger partial charge in [-0.1, -0.05) is 75.4 Å². The van der Waals surface area contributed by atoms with Crippen molar-refractivity contribution < 1.29 is 4.79 Å². The summed E-state index contributed by atoms with van der Waals surface area (Å²) in [6.07, 6.45) is 4.75. The van der Waals surface area contributed by atoms with Crippen molar-refractivity contribution in [3.8, 4) is 11.3 Å². The maximum absolute atomic E-state index is 13.1. The third-order valence-corrected chi connectivity index (χ3v) is 9.41. The van der Waals surface area contributed by atoms with E-state index in [4.69, 9.17) is 9.97 Å². The topological polar surface area (TPSA) is 85.4 Å². The summed E-state index contributed by atoms with van der Waals surface area (Å²) in [5.41, 5.74) is 9.77. The normalized spacial score (nSPS) is 16.5. The minimum absolute atomic E-state index is 0.183. The van der Waals surface area contributed by atoms with E-state index in [0.29, 0.717) is 11.9 Å². The Balaban J connectivity index is 1.11. The molecule has 8 nitrogen and oxygen atoms in total. The van der Waals surface area contributed by atoms with Gasteiger partial charge in [-0.05, 0) is 78.7 Å². The van der Waals surface area contributed by atoms with Crippen LogP contribution >= 0.6 is 0 Å². The van der Waals surface area contributed by atoms with E-state index < -0.39 is 0 Å². The van der Waals surface area contributed by atoms with Crippen LogP contribution in [-0.2, 0) is 12.8 Å². The van der Waals surface area contributed by atoms with E-state index in [-0.39, 0.29) is 11.9 Å². The molecule has 2 aliphatic rings. The van der Waals surface area contributed by atoms with Gasteiger partial charge in [0.15, 0.2) is 0 Å². The molecule has 3 aromatic carbocycles. The molecule has 8 heteroatoms. The highest BCUT2D eigenvalue weighted by Crippen LogP contribution is 2.42. The fourth-order valence-electron chi connectivity index (χ4n) is 6.72. The molecule has 1 saturated heterocycles. The minimum atomic E-state index is -0.228. The molecule has 6 rings (SSSR count). The number of likely N-dealkylation sites (N-methyl/N-ethyl adjacent to an activating group) is 1. The van der Waals surface area contributed by atoms with E-state index in [1.165, 1.54) is 11.1 Å². The third-order valence-electron chi connectivity index (χ3n) is 9.41. The Bertz CT molecular complexity index is 1640. The number of piperazine rings is 1. The van der Waals surface area contributed by atoms with E-state index in [2.05, 4.69) is 108 Å². The maximum atomic E-state index is 13.1. The summed E-state index contributed by atoms with van der Waals surface area (Å²) >= 11 is 0. The standard InChI is InChI=1S/C38H47N7O/c1-5-27-10-8-13-31(26(2)3)35(27)43-38(46)41-30-16-14-28(15-17-30)34-24-29-25-40-37(42-36(29)33-12-7-6-11-32(33)34)39-18-9-19-45-22-20-44(4)21-23-45/h6-8,10-17,25-26,34H,5,9,18-24H2,1-4H3,(H,39,40,42)(H2,41,43,46). The number of para-hydroxylation sites is 1. The number of anilines is 3. The zero-order chi connectivity index (χ0) is 32.0. The van der Waals surface area contributed by atoms with Crippen LogP contribution in [0.2, 0.25) is 0 Å². The molecule has 1 aliphatic heterocycles. The fraction of sp³-hybridized carbons (Fsp3) is 0.395. The van der Waals surface area contributed by atoms with Crippen molar-refractivity contribution in [3.05, 3.63) is 101 Å². The first kappa shape index (κ1) is 31.7. The van der Waals surface area contributed by atoms with Gasteiger partial charge in [-0.15, -0.1) is 0 Å². The number of fused-ring (bicyclic) bond motifs is 3. The highest BCUT2D eigenvalue weighted by molar-refractivity contribution is 6.00. The molecule has 1 aromatic heterocycles. The molecule has 240 valence electrons. The lowest BCUT2D eigenvalue weighted by Gasteiger charge is -2.32. The molecule has 0 spiro atoms. The van der Waals surface area contributed by atoms with Crippen LogP contribution in [0.5, 0.6) is 0 Å². The van der Waals surface area contributed by atoms with Gasteiger partial charge in [0.2, 0.25) is 5.95 Å². The van der Waals surface area contributed by atoms with Gasteiger partial charge >= 0.3 is 6.03 Å². The van der Waals surface area contributed by atoms with Gasteiger partial charge in [0.1, 0.15) is 0 Å². The summed E-state index contributed by atoms with van der Waals surface area (Å²) in [4.78, 5) is 27.7. The molecule has 1 unspecified atom stereocenters. The fourth-order valence-corrected chi connectivity index (χ4v) is 6.72. The van der Waals surface area contributed by atoms with E-state index >= 15 is 0 Å². The van der Waals surface area contributed by atoms with Gasteiger partial charge in [0, 0.05) is 61.8 Å². The lowest BCUT2D eigenvalue weighted by Crippen LogP contribution is -2.44. The largest absolute Gasteiger partial charge is 0.354 e. The number of hydrogen-bond acceptors (Lipinski definition) is 6. The van der Waals surface area contributed by atoms with Crippen LogP contribution in [0.4, 0.5) is 22.1 Å². The molecule has 2 heterocycles. The number of rotatable bonds is 10. The van der Waals surface area contributed by atoms with Gasteiger partial charge < -0.3 is 25.8 Å². The molecule has 0 radical (unpaired) electrons. The summed E-state index contributed by atoms with van der Waals surface area (Å²) < 4.78 is 0. The van der Waals surface area contributed by atoms with Crippen molar-refractivity contribution in [2.45, 2.75) is 51.9 Å². The molecular weight excluding hydrogens is 570 g/mol. The quantitative estimate of drug-likeness (QED) is 0.163. The van der Waals surface area contributed by atoms with Crippen molar-refractivity contribution >= 4 is 23.4 Å². The summed E-state index contributed by atoms with van der Waals surface area (Å²) in [5, 5.41) is 9.63. The van der Waals surface area contributed by atoms with Crippen LogP contribution < -0.4 is 16.0 Å². The van der Waals surface area contributed by atoms with Gasteiger partial charge in [0.25, 0.3) is 0 Å². The monoisotopic (exact) mass is 617 g/mol. The van der Waals surface area contributed by atoms with E-state index in [1.54, 1.807) is 0 Å². The van der Waals surface area contributed by atoms with E-state index in [9.17, 15) is 4.79 Å². The highest BCUT2D eigenvalue weighted by Gasteiger charge is 2.27. The number of carbonyl (C=O) groups excluding carboxylic acids is 1. The molecular formula is C38H47N7O. The Labute approximate surface area is 273 Å². The Morgan fingerprint density at radius 1 is 0.957 bits per heavy atom. The lowest BCUT2D eigenvalue weighted by molar-refractivity contribution is 0.154. The second kappa shape index (κ2) is 14.4. The number of hydrogen-bond donors (Lipinski definition) is 3. The molecule has 1 aliphatic carbocycles. The first-order valence-electron chi connectivity index (χ1n) is 16.8. The molecule has 4 aromatic rings. The number of amides is 2. The zero-order valence-electron chi connectivity index (χ0n) is 27.6. The predicted octanol–water partition coefficient (Wildman–Crippen LogP) is 7.21. The molecule has 3 N–H and O–H groups in total. The Morgan fingerprint density at radius 2 is 1.74 bits per heavy atom. The number of aryl methyl sites for hydroxylation is 1. The van der Waals surface area contributed by atoms with Crippen molar-refractivity contribution in [2.24, 2.45) is 0 Å². The van der Waals surface area contributed by atoms with Crippen LogP contribution in [0.25, 0.3) is 11.3 Å². The summed E-state index contributed by atoms with van der Waals surface area (Å²) in [7, 11) is 2.19. The van der Waals surface area contributed by atoms with Crippen LogP contribution in [0, 0.1) is 0 Å². The number of benzene rings is 3. The van der Waals surface area contributed by atoms with Crippen LogP contribution in [0.3, 0.4) is 0 Å². The Morgan fingerprint density at radius 3 is 2.50 bits per heavy atom. The third kappa shape index (κ3) is 7.24. The number of aromatic nitrogens is 2. The smallest absolute Gasteiger partial charge is 0.323 e. The van der Waals surface area contributed by atoms with Crippen molar-refractivity contribution in [1.29, 1.82) is 0 Å². The number of nitrogens with one attached hydrogen (secondary N) is 3. The Kier molecular flexibility index (Phi) is 9.95. The van der Waals surface area contributed by atoms with Crippen molar-refractivity contribution in [1.82, 2.24) is 19.8 Å². The molecule has 1 atom stereocenters. The lowest BCUT2D eigenvalue weighted by atomic mass is 9.78. The van der Waals surface area contributed by atoms with Crippen LogP contribution in [0.15, 0.2) is 72.9 Å². The van der Waals surface area contributed by atoms with Gasteiger partial charge in [-0.25, -0.2) is 14.8 Å². The van der Waals surface area contributed by atoms with E-state index in [1.807, 2.05) is 18.3 Å². The van der Waals surface area contributed by atoms with Gasteiger partial charge in [0.05, 0.1) is 5.69 Å². The van der Waals surface area contributed by atoms with Crippen molar-refractivity contribution in [3.63, 3.8) is 0 Å². The zero-order valence-corrected chi connectivity index (χ0v) is 27.6. The van der Waals surface area contributed by atoms with Gasteiger partial charge in [-0.3, -0.25) is 0 Å². The molecule has 46 heavy (non-hydrogen) atoms. The van der Waals surface area contributed by atoms with Crippen molar-refractivity contribution in [2.75, 3.05) is 62.3 Å². The summed E-state index contributed by atoms with van der Waals surface area (Å²) in [5.74, 6) is 1.19. The second-order valence-corrected chi connectivity index (χ2v) is 12.9. The number of urea groups is 1. The highest BCUT2D eigenvalue weighted by atomic mass is 16.2. The Hall–Kier alpha value is -4.27.